The van der Waals surface area contributed by atoms with Gasteiger partial charge in [-0.25, -0.2) is 4.79 Å². The van der Waals surface area contributed by atoms with Crippen LogP contribution < -0.4 is 25.2 Å². The molecule has 0 bridgehead atoms. The topological polar surface area (TPSA) is 99.5 Å². The van der Waals surface area contributed by atoms with Crippen molar-refractivity contribution in [2.24, 2.45) is 0 Å². The van der Waals surface area contributed by atoms with Crippen molar-refractivity contribution in [3.63, 3.8) is 0 Å². The number of piperidine rings is 1. The van der Waals surface area contributed by atoms with E-state index in [1.54, 1.807) is 45.6 Å². The zero-order chi connectivity index (χ0) is 30.3. The average Bonchev–Trinajstić information content (AvgIpc) is 3.03. The third-order valence-electron chi connectivity index (χ3n) is 7.77. The number of likely N-dealkylation sites (tertiary alicyclic amines) is 1. The van der Waals surface area contributed by atoms with Crippen molar-refractivity contribution in [1.29, 1.82) is 0 Å². The molecule has 0 aliphatic carbocycles. The Labute approximate surface area is 251 Å². The van der Waals surface area contributed by atoms with Crippen molar-refractivity contribution in [1.82, 2.24) is 4.90 Å². The molecule has 4 aromatic rings. The number of anilines is 1. The molecule has 0 saturated carbocycles. The summed E-state index contributed by atoms with van der Waals surface area (Å²) in [5.41, 5.74) is 2.53. The van der Waals surface area contributed by atoms with Gasteiger partial charge in [-0.3, -0.25) is 9.69 Å². The lowest BCUT2D eigenvalue weighted by Crippen LogP contribution is -2.41. The summed E-state index contributed by atoms with van der Waals surface area (Å²) < 4.78 is 28.2. The first-order valence-electron chi connectivity index (χ1n) is 14.5. The van der Waals surface area contributed by atoms with Gasteiger partial charge in [-0.15, -0.1) is 0 Å². The monoisotopic (exact) mass is 586 g/mol. The first-order chi connectivity index (χ1) is 20.9. The molecule has 2 heterocycles. The van der Waals surface area contributed by atoms with E-state index in [0.717, 1.165) is 62.2 Å². The van der Waals surface area contributed by atoms with Crippen LogP contribution in [-0.4, -0.2) is 64.5 Å². The van der Waals surface area contributed by atoms with E-state index in [-0.39, 0.29) is 11.8 Å². The molecule has 1 fully saturated rings. The number of hydrogen-bond donors (Lipinski definition) is 1. The summed E-state index contributed by atoms with van der Waals surface area (Å²) in [6.07, 6.45) is 3.09. The fraction of sp³-hybridized carbons (Fsp3) is 0.353. The summed E-state index contributed by atoms with van der Waals surface area (Å²) in [5.74, 6) is 1.54. The van der Waals surface area contributed by atoms with Crippen LogP contribution in [0.25, 0.3) is 22.1 Å². The van der Waals surface area contributed by atoms with Crippen molar-refractivity contribution in [2.75, 3.05) is 52.9 Å². The van der Waals surface area contributed by atoms with E-state index < -0.39 is 11.5 Å². The summed E-state index contributed by atoms with van der Waals surface area (Å²) in [4.78, 5) is 28.7. The molecule has 1 N–H and O–H groups in total. The highest BCUT2D eigenvalue weighted by molar-refractivity contribution is 6.05. The maximum absolute atomic E-state index is 13.3. The predicted molar refractivity (Wildman–Crippen MR) is 167 cm³/mol. The molecule has 226 valence electrons. The molecule has 43 heavy (non-hydrogen) atoms. The van der Waals surface area contributed by atoms with Gasteiger partial charge in [0.15, 0.2) is 0 Å². The molecule has 1 aliphatic rings. The normalized spacial score (nSPS) is 15.3. The van der Waals surface area contributed by atoms with Gasteiger partial charge in [-0.1, -0.05) is 12.1 Å². The Hall–Kier alpha value is -4.34. The summed E-state index contributed by atoms with van der Waals surface area (Å²) in [6, 6.07) is 18.0. The Balaban J connectivity index is 1.34. The Morgan fingerprint density at radius 2 is 1.86 bits per heavy atom. The zero-order valence-electron chi connectivity index (χ0n) is 25.1. The lowest BCUT2D eigenvalue weighted by Gasteiger charge is -2.33. The highest BCUT2D eigenvalue weighted by Gasteiger charge is 2.23. The number of carbonyl (C=O) groups is 1. The molecule has 0 radical (unpaired) electrons. The lowest BCUT2D eigenvalue weighted by atomic mass is 10.0. The molecule has 1 unspecified atom stereocenters. The second kappa shape index (κ2) is 13.8. The third kappa shape index (κ3) is 7.01. The molecule has 1 atom stereocenters. The van der Waals surface area contributed by atoms with Crippen LogP contribution in [-0.2, 0) is 4.74 Å². The third-order valence-corrected chi connectivity index (χ3v) is 7.77. The number of nitrogens with one attached hydrogen (secondary N) is 1. The first-order valence-corrected chi connectivity index (χ1v) is 14.5. The van der Waals surface area contributed by atoms with E-state index in [1.807, 2.05) is 43.3 Å². The molecule has 1 aromatic heterocycles. The van der Waals surface area contributed by atoms with Crippen molar-refractivity contribution in [2.45, 2.75) is 32.3 Å². The van der Waals surface area contributed by atoms with Gasteiger partial charge in [-0.05, 0) is 86.8 Å². The summed E-state index contributed by atoms with van der Waals surface area (Å²) in [7, 11) is 4.90. The molecule has 9 nitrogen and oxygen atoms in total. The van der Waals surface area contributed by atoms with Crippen LogP contribution in [0.5, 0.6) is 17.2 Å². The molecule has 5 rings (SSSR count). The van der Waals surface area contributed by atoms with Crippen molar-refractivity contribution in [3.8, 4) is 28.4 Å². The highest BCUT2D eigenvalue weighted by atomic mass is 16.5. The van der Waals surface area contributed by atoms with E-state index in [0.29, 0.717) is 33.8 Å². The quantitative estimate of drug-likeness (QED) is 0.171. The number of fused-ring (bicyclic) bond motifs is 1. The van der Waals surface area contributed by atoms with E-state index in [1.165, 1.54) is 0 Å². The van der Waals surface area contributed by atoms with Gasteiger partial charge in [0, 0.05) is 48.9 Å². The van der Waals surface area contributed by atoms with Gasteiger partial charge in [0.1, 0.15) is 34.6 Å². The van der Waals surface area contributed by atoms with Crippen LogP contribution in [0.2, 0.25) is 0 Å². The Bertz CT molecular complexity index is 1650. The number of carbonyl (C=O) groups excluding carboxylic acids is 1. The van der Waals surface area contributed by atoms with Crippen LogP contribution in [0, 0.1) is 6.92 Å². The van der Waals surface area contributed by atoms with Crippen molar-refractivity contribution in [3.05, 3.63) is 82.2 Å². The van der Waals surface area contributed by atoms with Crippen LogP contribution in [0.4, 0.5) is 5.69 Å². The average molecular weight is 587 g/mol. The van der Waals surface area contributed by atoms with E-state index in [4.69, 9.17) is 23.4 Å². The standard InChI is InChI=1S/C34H38N2O7/c1-22-30(42-27-10-6-15-36(21-27)16-7-17-39-2)13-11-24-20-29(34(38)43-32(22)24)35-33(37)25-12-14-31(41-4)28(19-25)23-8-5-9-26(18-23)40-3/h5,8-9,11-14,18-20,27H,6-7,10,15-17,21H2,1-4H3,(H,35,37). The maximum atomic E-state index is 13.3. The smallest absolute Gasteiger partial charge is 0.360 e. The second-order valence-corrected chi connectivity index (χ2v) is 10.7. The Kier molecular flexibility index (Phi) is 9.64. The largest absolute Gasteiger partial charge is 0.497 e. The van der Waals surface area contributed by atoms with Crippen LogP contribution in [0.15, 0.2) is 69.9 Å². The number of benzene rings is 3. The fourth-order valence-corrected chi connectivity index (χ4v) is 5.50. The summed E-state index contributed by atoms with van der Waals surface area (Å²) >= 11 is 0. The van der Waals surface area contributed by atoms with Crippen molar-refractivity contribution < 1.29 is 28.2 Å². The fourth-order valence-electron chi connectivity index (χ4n) is 5.50. The molecule has 0 spiro atoms. The molecular weight excluding hydrogens is 548 g/mol. The first kappa shape index (κ1) is 30.1. The van der Waals surface area contributed by atoms with Gasteiger partial charge >= 0.3 is 5.63 Å². The molecular formula is C34H38N2O7. The minimum absolute atomic E-state index is 0.0586. The summed E-state index contributed by atoms with van der Waals surface area (Å²) in [6.45, 7) is 5.52. The van der Waals surface area contributed by atoms with E-state index in [9.17, 15) is 9.59 Å². The van der Waals surface area contributed by atoms with Gasteiger partial charge < -0.3 is 28.7 Å². The SMILES string of the molecule is COCCCN1CCCC(Oc2ccc3cc(NC(=O)c4ccc(OC)c(-c5cccc(OC)c5)c4)c(=O)oc3c2C)C1. The number of nitrogens with zero attached hydrogens (tertiary/aromatic N) is 1. The van der Waals surface area contributed by atoms with Gasteiger partial charge in [0.25, 0.3) is 5.91 Å². The molecule has 9 heteroatoms. The predicted octanol–water partition coefficient (Wildman–Crippen LogP) is 5.92. The van der Waals surface area contributed by atoms with Crippen molar-refractivity contribution >= 4 is 22.6 Å². The number of methoxy groups -OCH3 is 3. The molecule has 1 saturated heterocycles. The zero-order valence-corrected chi connectivity index (χ0v) is 25.1. The Morgan fingerprint density at radius 1 is 1.02 bits per heavy atom. The minimum Gasteiger partial charge on any atom is -0.497 e. The van der Waals surface area contributed by atoms with Crippen LogP contribution >= 0.6 is 0 Å². The van der Waals surface area contributed by atoms with Crippen LogP contribution in [0.3, 0.4) is 0 Å². The molecule has 1 aliphatic heterocycles. The molecule has 3 aromatic carbocycles. The second-order valence-electron chi connectivity index (χ2n) is 10.7. The van der Waals surface area contributed by atoms with Gasteiger partial charge in [0.2, 0.25) is 0 Å². The number of aryl methyl sites for hydroxylation is 1. The number of amides is 1. The van der Waals surface area contributed by atoms with E-state index >= 15 is 0 Å². The number of ether oxygens (including phenoxy) is 4. The molecule has 1 amide bonds. The van der Waals surface area contributed by atoms with Gasteiger partial charge in [0.05, 0.1) is 14.2 Å². The summed E-state index contributed by atoms with van der Waals surface area (Å²) in [5, 5.41) is 3.42. The van der Waals surface area contributed by atoms with Gasteiger partial charge in [-0.2, -0.15) is 0 Å². The maximum Gasteiger partial charge on any atom is 0.360 e. The van der Waals surface area contributed by atoms with Crippen LogP contribution in [0.1, 0.15) is 35.2 Å². The minimum atomic E-state index is -0.635. The lowest BCUT2D eigenvalue weighted by molar-refractivity contribution is 0.0806. The Morgan fingerprint density at radius 3 is 2.65 bits per heavy atom. The number of rotatable bonds is 11. The number of hydrogen-bond acceptors (Lipinski definition) is 8. The highest BCUT2D eigenvalue weighted by Crippen LogP contribution is 2.34. The van der Waals surface area contributed by atoms with E-state index in [2.05, 4.69) is 10.2 Å².